The first-order valence-corrected chi connectivity index (χ1v) is 14.3. The van der Waals surface area contributed by atoms with Gasteiger partial charge in [0, 0.05) is 19.1 Å². The number of aliphatic hydroxyl groups excluding tert-OH is 4. The quantitative estimate of drug-likeness (QED) is 0.0826. The molecule has 0 aromatic heterocycles. The third kappa shape index (κ3) is 10.3. The first-order valence-electron chi connectivity index (χ1n) is 14.3. The van der Waals surface area contributed by atoms with Crippen LogP contribution in [0.5, 0.6) is 11.5 Å². The van der Waals surface area contributed by atoms with E-state index in [4.69, 9.17) is 29.3 Å². The molecule has 2 fully saturated rings. The Morgan fingerprint density at radius 3 is 2.39 bits per heavy atom. The van der Waals surface area contributed by atoms with Crippen LogP contribution >= 0.6 is 0 Å². The average molecular weight is 619 g/mol. The molecule has 1 aliphatic heterocycles. The molecule has 242 valence electrons. The van der Waals surface area contributed by atoms with E-state index >= 15 is 0 Å². The van der Waals surface area contributed by atoms with Crippen LogP contribution in [-0.4, -0.2) is 99.5 Å². The van der Waals surface area contributed by atoms with Crippen LogP contribution in [0, 0.1) is 0 Å². The second-order valence-electron chi connectivity index (χ2n) is 10.4. The predicted molar refractivity (Wildman–Crippen MR) is 159 cm³/mol. The largest absolute Gasteiger partial charge is 0.504 e. The van der Waals surface area contributed by atoms with Gasteiger partial charge >= 0.3 is 0 Å². The van der Waals surface area contributed by atoms with Crippen molar-refractivity contribution in [3.63, 3.8) is 0 Å². The molecule has 1 heterocycles. The maximum Gasteiger partial charge on any atom is 0.247 e. The van der Waals surface area contributed by atoms with Gasteiger partial charge in [-0.1, -0.05) is 41.6 Å². The molecule has 2 aromatic rings. The monoisotopic (exact) mass is 618 g/mol. The lowest BCUT2D eigenvalue weighted by Crippen LogP contribution is -2.53. The molecule has 1 aliphatic carbocycles. The molecule has 4 rings (SSSR count). The van der Waals surface area contributed by atoms with Crippen molar-refractivity contribution < 1.29 is 54.5 Å². The normalized spacial score (nSPS) is 25.5. The summed E-state index contributed by atoms with van der Waals surface area (Å²) in [7, 11) is 1.52. The predicted octanol–water partition coefficient (Wildman–Crippen LogP) is 1.19. The summed E-state index contributed by atoms with van der Waals surface area (Å²) in [6, 6.07) is 13.4. The Morgan fingerprint density at radius 2 is 1.75 bits per heavy atom. The molecule has 6 atom stereocenters. The van der Waals surface area contributed by atoms with Crippen LogP contribution in [-0.2, 0) is 25.7 Å². The number of aromatic hydroxyl groups is 1. The van der Waals surface area contributed by atoms with E-state index < -0.39 is 49.4 Å². The van der Waals surface area contributed by atoms with Gasteiger partial charge in [-0.05, 0) is 55.5 Å². The van der Waals surface area contributed by atoms with Gasteiger partial charge in [-0.15, -0.1) is 0 Å². The number of methoxy groups -OCH3 is 1. The molecule has 1 amide bonds. The van der Waals surface area contributed by atoms with E-state index in [2.05, 4.69) is 10.5 Å². The molecule has 13 nitrogen and oxygen atoms in total. The van der Waals surface area contributed by atoms with Crippen molar-refractivity contribution in [2.24, 2.45) is 5.16 Å². The van der Waals surface area contributed by atoms with Crippen molar-refractivity contribution >= 4 is 17.7 Å². The van der Waals surface area contributed by atoms with E-state index in [1.54, 1.807) is 19.1 Å². The lowest BCUT2D eigenvalue weighted by atomic mass is 9.89. The number of phenols is 1. The Morgan fingerprint density at radius 1 is 1.07 bits per heavy atom. The molecular weight excluding hydrogens is 576 g/mol. The van der Waals surface area contributed by atoms with Crippen LogP contribution in [0.2, 0.25) is 0 Å². The molecule has 0 bridgehead atoms. The Hall–Kier alpha value is -3.56. The molecule has 13 heteroatoms. The average Bonchev–Trinajstić information content (AvgIpc) is 3.36. The minimum absolute atomic E-state index is 0.0907. The van der Waals surface area contributed by atoms with Gasteiger partial charge < -0.3 is 55.0 Å². The summed E-state index contributed by atoms with van der Waals surface area (Å²) in [6.07, 6.45) is -0.780. The summed E-state index contributed by atoms with van der Waals surface area (Å²) in [5.41, 5.74) is 2.27. The van der Waals surface area contributed by atoms with Gasteiger partial charge in [0.25, 0.3) is 0 Å². The van der Waals surface area contributed by atoms with Crippen molar-refractivity contribution in [1.29, 1.82) is 0 Å². The van der Waals surface area contributed by atoms with Crippen LogP contribution in [0.15, 0.2) is 59.3 Å². The fourth-order valence-corrected chi connectivity index (χ4v) is 4.82. The van der Waals surface area contributed by atoms with E-state index in [9.17, 15) is 25.2 Å². The number of oxime groups is 1. The van der Waals surface area contributed by atoms with Gasteiger partial charge in [-0.25, -0.2) is 0 Å². The molecule has 2 unspecified atom stereocenters. The Kier molecular flexibility index (Phi) is 14.0. The standard InChI is InChI=1S/C30H38N2O9.CH4O2/c1-18(29(37)31-28-22(33)9-6-10-23(28)34)13-20-11-12-26(24(35)14-20)40-30-25(36)15-27(41-30)21(17-38-2)32-39-16-19-7-4-3-5-8-19;2-1-3/h3-5,7-8,11-14,22-23,25,27-28,30,33-36H,6,9-10,15-17H2,1-2H3,(H,31,37);2-3H,1H2/b18-13+,32-21+;/t22-,23+,25-,27-,28?,30?;/m0./s1. The number of benzene rings is 2. The third-order valence-corrected chi connectivity index (χ3v) is 7.08. The van der Waals surface area contributed by atoms with Gasteiger partial charge in [-0.2, -0.15) is 0 Å². The van der Waals surface area contributed by atoms with Gasteiger partial charge in [0.05, 0.1) is 24.9 Å². The van der Waals surface area contributed by atoms with Crippen LogP contribution in [0.4, 0.5) is 0 Å². The third-order valence-electron chi connectivity index (χ3n) is 7.08. The molecule has 7 N–H and O–H groups in total. The van der Waals surface area contributed by atoms with Crippen LogP contribution in [0.3, 0.4) is 0 Å². The highest BCUT2D eigenvalue weighted by Gasteiger charge is 2.39. The molecule has 0 radical (unpaired) electrons. The Bertz CT molecular complexity index is 1230. The highest BCUT2D eigenvalue weighted by molar-refractivity contribution is 5.97. The molecule has 44 heavy (non-hydrogen) atoms. The molecule has 2 aromatic carbocycles. The number of aliphatic hydroxyl groups is 5. The van der Waals surface area contributed by atoms with Crippen LogP contribution in [0.1, 0.15) is 43.7 Å². The zero-order chi connectivity index (χ0) is 32.1. The topological polar surface area (TPSA) is 200 Å². The lowest BCUT2D eigenvalue weighted by Gasteiger charge is -2.32. The van der Waals surface area contributed by atoms with E-state index in [1.165, 1.54) is 19.2 Å². The Balaban J connectivity index is 0.00000169. The van der Waals surface area contributed by atoms with Gasteiger partial charge in [0.15, 0.2) is 11.5 Å². The van der Waals surface area contributed by atoms with Crippen molar-refractivity contribution in [3.05, 3.63) is 65.2 Å². The van der Waals surface area contributed by atoms with Crippen molar-refractivity contribution in [1.82, 2.24) is 5.32 Å². The molecule has 1 saturated carbocycles. The van der Waals surface area contributed by atoms with Crippen LogP contribution in [0.25, 0.3) is 6.08 Å². The number of hydrogen-bond acceptors (Lipinski definition) is 12. The zero-order valence-corrected chi connectivity index (χ0v) is 24.8. The zero-order valence-electron chi connectivity index (χ0n) is 24.8. The van der Waals surface area contributed by atoms with Crippen molar-refractivity contribution in [3.8, 4) is 11.5 Å². The van der Waals surface area contributed by atoms with Gasteiger partial charge in [0.2, 0.25) is 12.2 Å². The summed E-state index contributed by atoms with van der Waals surface area (Å²) in [5, 5.41) is 62.5. The number of rotatable bonds is 11. The molecule has 2 aliphatic rings. The fraction of sp³-hybridized carbons (Fsp3) is 0.484. The Labute approximate surface area is 256 Å². The van der Waals surface area contributed by atoms with E-state index in [1.807, 2.05) is 30.3 Å². The maximum absolute atomic E-state index is 12.6. The van der Waals surface area contributed by atoms with Gasteiger partial charge in [0.1, 0.15) is 31.3 Å². The second kappa shape index (κ2) is 17.7. The number of ether oxygens (including phenoxy) is 3. The summed E-state index contributed by atoms with van der Waals surface area (Å²) < 4.78 is 16.9. The summed E-state index contributed by atoms with van der Waals surface area (Å²) >= 11 is 0. The fourth-order valence-electron chi connectivity index (χ4n) is 4.82. The first kappa shape index (κ1) is 34.9. The lowest BCUT2D eigenvalue weighted by molar-refractivity contribution is -0.121. The second-order valence-corrected chi connectivity index (χ2v) is 10.4. The van der Waals surface area contributed by atoms with Crippen molar-refractivity contribution in [2.45, 2.75) is 76.0 Å². The van der Waals surface area contributed by atoms with E-state index in [0.717, 1.165) is 5.56 Å². The number of nitrogens with zero attached hydrogens (tertiary/aromatic N) is 1. The number of carbonyl (C=O) groups excluding carboxylic acids is 1. The highest BCUT2D eigenvalue weighted by Crippen LogP contribution is 2.32. The van der Waals surface area contributed by atoms with E-state index in [-0.39, 0.29) is 31.1 Å². The smallest absolute Gasteiger partial charge is 0.247 e. The molecular formula is C31H42N2O11. The SMILES string of the molecule is COC/C(=N\OCc1ccccc1)[C@@H]1C[C@H](O)C(Oc2ccc(/C=C(\C)C(=O)NC3[C@H](O)CCC[C@@H]3O)cc2O)O1.OCO. The first-order chi connectivity index (χ1) is 21.2. The summed E-state index contributed by atoms with van der Waals surface area (Å²) in [4.78, 5) is 18.1. The minimum atomic E-state index is -1.07. The summed E-state index contributed by atoms with van der Waals surface area (Å²) in [5.74, 6) is -0.543. The number of nitrogens with one attached hydrogen (secondary N) is 1. The van der Waals surface area contributed by atoms with E-state index in [0.29, 0.717) is 36.1 Å². The molecule has 0 spiro atoms. The maximum atomic E-state index is 12.6. The summed E-state index contributed by atoms with van der Waals surface area (Å²) in [6.45, 7) is 1.25. The van der Waals surface area contributed by atoms with Crippen molar-refractivity contribution in [2.75, 3.05) is 20.5 Å². The van der Waals surface area contributed by atoms with Gasteiger partial charge in [-0.3, -0.25) is 4.79 Å². The number of amides is 1. The van der Waals surface area contributed by atoms with Crippen LogP contribution < -0.4 is 10.1 Å². The number of phenolic OH excluding ortho intramolecular Hbond substituents is 1. The number of carbonyl (C=O) groups is 1. The molecule has 1 saturated heterocycles. The highest BCUT2D eigenvalue weighted by atomic mass is 16.7. The minimum Gasteiger partial charge on any atom is -0.504 e. The number of hydrogen-bond donors (Lipinski definition) is 7.